The summed E-state index contributed by atoms with van der Waals surface area (Å²) in [5.41, 5.74) is 1.26. The summed E-state index contributed by atoms with van der Waals surface area (Å²) in [6.07, 6.45) is 1.32. The highest BCUT2D eigenvalue weighted by Crippen LogP contribution is 2.28. The van der Waals surface area contributed by atoms with Crippen molar-refractivity contribution in [2.75, 3.05) is 13.6 Å². The Morgan fingerprint density at radius 1 is 1.44 bits per heavy atom. The Balaban J connectivity index is 2.01. The van der Waals surface area contributed by atoms with E-state index in [1.807, 2.05) is 13.0 Å². The number of aliphatic hydroxyl groups is 1. The van der Waals surface area contributed by atoms with E-state index >= 15 is 0 Å². The lowest BCUT2D eigenvalue weighted by atomic mass is 9.82. The topological polar surface area (TPSA) is 60.8 Å². The summed E-state index contributed by atoms with van der Waals surface area (Å²) in [5.74, 6) is 0.232. The van der Waals surface area contributed by atoms with Gasteiger partial charge in [-0.05, 0) is 43.4 Å². The molecule has 1 aromatic carbocycles. The molecule has 0 unspecified atom stereocenters. The van der Waals surface area contributed by atoms with E-state index in [1.165, 1.54) is 0 Å². The zero-order chi connectivity index (χ0) is 13.3. The molecule has 18 heavy (non-hydrogen) atoms. The lowest BCUT2D eigenvalue weighted by molar-refractivity contribution is 0.0264. The van der Waals surface area contributed by atoms with Gasteiger partial charge in [0.2, 0.25) is 0 Å². The second kappa shape index (κ2) is 4.98. The zero-order valence-corrected chi connectivity index (χ0v) is 10.8. The molecule has 1 amide bonds. The molecule has 0 atom stereocenters. The van der Waals surface area contributed by atoms with E-state index in [-0.39, 0.29) is 17.8 Å². The van der Waals surface area contributed by atoms with Crippen molar-refractivity contribution in [3.05, 3.63) is 29.3 Å². The fourth-order valence-electron chi connectivity index (χ4n) is 2.35. The van der Waals surface area contributed by atoms with Gasteiger partial charge in [-0.25, -0.2) is 0 Å². The van der Waals surface area contributed by atoms with Gasteiger partial charge in [-0.1, -0.05) is 6.07 Å². The van der Waals surface area contributed by atoms with E-state index in [9.17, 15) is 15.0 Å². The molecule has 0 bridgehead atoms. The van der Waals surface area contributed by atoms with Crippen LogP contribution in [-0.2, 0) is 0 Å². The second-order valence-corrected chi connectivity index (χ2v) is 5.20. The predicted molar refractivity (Wildman–Crippen MR) is 68.5 cm³/mol. The Morgan fingerprint density at radius 3 is 2.67 bits per heavy atom. The minimum Gasteiger partial charge on any atom is -0.507 e. The van der Waals surface area contributed by atoms with Gasteiger partial charge in [-0.3, -0.25) is 4.79 Å². The molecule has 1 aliphatic rings. The number of aliphatic hydroxyl groups excluding tert-OH is 1. The first kappa shape index (κ1) is 12.9. The summed E-state index contributed by atoms with van der Waals surface area (Å²) >= 11 is 0. The Morgan fingerprint density at radius 2 is 2.11 bits per heavy atom. The van der Waals surface area contributed by atoms with Crippen LogP contribution in [0.4, 0.5) is 0 Å². The number of hydrogen-bond donors (Lipinski definition) is 2. The Bertz CT molecular complexity index is 452. The number of nitrogens with zero attached hydrogens (tertiary/aromatic N) is 1. The number of aromatic hydroxyl groups is 1. The number of hydrogen-bond acceptors (Lipinski definition) is 3. The molecule has 0 aliphatic heterocycles. The minimum absolute atomic E-state index is 0.0282. The van der Waals surface area contributed by atoms with E-state index in [0.717, 1.165) is 18.4 Å². The van der Waals surface area contributed by atoms with Gasteiger partial charge in [0.1, 0.15) is 5.75 Å². The molecule has 98 valence electrons. The van der Waals surface area contributed by atoms with E-state index < -0.39 is 0 Å². The minimum atomic E-state index is -0.203. The van der Waals surface area contributed by atoms with Crippen molar-refractivity contribution in [2.45, 2.75) is 25.9 Å². The first-order chi connectivity index (χ1) is 8.47. The van der Waals surface area contributed by atoms with Crippen LogP contribution in [0, 0.1) is 12.8 Å². The van der Waals surface area contributed by atoms with Crippen LogP contribution in [0.25, 0.3) is 0 Å². The van der Waals surface area contributed by atoms with Crippen LogP contribution in [0.1, 0.15) is 28.8 Å². The fourth-order valence-corrected chi connectivity index (χ4v) is 2.35. The highest BCUT2D eigenvalue weighted by atomic mass is 16.3. The van der Waals surface area contributed by atoms with Crippen LogP contribution in [-0.4, -0.2) is 40.7 Å². The Labute approximate surface area is 107 Å². The molecule has 0 aromatic heterocycles. The van der Waals surface area contributed by atoms with E-state index in [2.05, 4.69) is 0 Å². The number of phenols is 1. The van der Waals surface area contributed by atoms with Crippen molar-refractivity contribution >= 4 is 5.91 Å². The molecule has 1 aliphatic carbocycles. The second-order valence-electron chi connectivity index (χ2n) is 5.20. The van der Waals surface area contributed by atoms with Crippen molar-refractivity contribution in [3.8, 4) is 5.75 Å². The van der Waals surface area contributed by atoms with Crippen molar-refractivity contribution in [1.82, 2.24) is 4.90 Å². The molecule has 0 radical (unpaired) electrons. The largest absolute Gasteiger partial charge is 0.507 e. The highest BCUT2D eigenvalue weighted by Gasteiger charge is 2.29. The van der Waals surface area contributed by atoms with E-state index in [4.69, 9.17) is 0 Å². The molecule has 2 rings (SSSR count). The summed E-state index contributed by atoms with van der Waals surface area (Å²) in [4.78, 5) is 13.7. The molecule has 4 nitrogen and oxygen atoms in total. The third-order valence-electron chi connectivity index (χ3n) is 3.47. The lowest BCUT2D eigenvalue weighted by Gasteiger charge is -2.34. The van der Waals surface area contributed by atoms with Crippen LogP contribution >= 0.6 is 0 Å². The van der Waals surface area contributed by atoms with Crippen LogP contribution in [0.2, 0.25) is 0 Å². The van der Waals surface area contributed by atoms with Crippen LogP contribution in [0.3, 0.4) is 0 Å². The van der Waals surface area contributed by atoms with Crippen LogP contribution in [0.15, 0.2) is 18.2 Å². The Hall–Kier alpha value is -1.55. The maximum Gasteiger partial charge on any atom is 0.257 e. The first-order valence-electron chi connectivity index (χ1n) is 6.20. The van der Waals surface area contributed by atoms with Crippen molar-refractivity contribution in [1.29, 1.82) is 0 Å². The van der Waals surface area contributed by atoms with Crippen molar-refractivity contribution < 1.29 is 15.0 Å². The number of amides is 1. The number of phenolic OH excluding ortho intramolecular Hbond substituents is 1. The average molecular weight is 249 g/mol. The van der Waals surface area contributed by atoms with Gasteiger partial charge >= 0.3 is 0 Å². The number of aryl methyl sites for hydroxylation is 1. The first-order valence-corrected chi connectivity index (χ1v) is 6.20. The van der Waals surface area contributed by atoms with E-state index in [0.29, 0.717) is 18.0 Å². The number of carbonyl (C=O) groups is 1. The third-order valence-corrected chi connectivity index (χ3v) is 3.47. The van der Waals surface area contributed by atoms with Gasteiger partial charge in [0.05, 0.1) is 11.7 Å². The fraction of sp³-hybridized carbons (Fsp3) is 0.500. The van der Waals surface area contributed by atoms with E-state index in [1.54, 1.807) is 24.1 Å². The summed E-state index contributed by atoms with van der Waals surface area (Å²) < 4.78 is 0. The standard InChI is InChI=1S/C14H19NO3/c1-9-3-4-12(13(17)5-9)14(18)15(2)8-10-6-11(16)7-10/h3-5,10-11,16-17H,6-8H2,1-2H3. The number of benzene rings is 1. The highest BCUT2D eigenvalue weighted by molar-refractivity contribution is 5.96. The van der Waals surface area contributed by atoms with Crippen molar-refractivity contribution in [3.63, 3.8) is 0 Å². The number of rotatable bonds is 3. The summed E-state index contributed by atoms with van der Waals surface area (Å²) in [6.45, 7) is 2.50. The van der Waals surface area contributed by atoms with Gasteiger partial charge in [-0.2, -0.15) is 0 Å². The molecular weight excluding hydrogens is 230 g/mol. The molecule has 2 N–H and O–H groups in total. The average Bonchev–Trinajstić information content (AvgIpc) is 2.26. The predicted octanol–water partition coefficient (Wildman–Crippen LogP) is 1.54. The van der Waals surface area contributed by atoms with Crippen LogP contribution < -0.4 is 0 Å². The normalized spacial score (nSPS) is 22.4. The molecule has 1 fully saturated rings. The van der Waals surface area contributed by atoms with Gasteiger partial charge < -0.3 is 15.1 Å². The van der Waals surface area contributed by atoms with Gasteiger partial charge in [-0.15, -0.1) is 0 Å². The van der Waals surface area contributed by atoms with Gasteiger partial charge in [0.25, 0.3) is 5.91 Å². The third kappa shape index (κ3) is 2.64. The maximum atomic E-state index is 12.1. The summed E-state index contributed by atoms with van der Waals surface area (Å²) in [5, 5.41) is 19.0. The van der Waals surface area contributed by atoms with Crippen LogP contribution in [0.5, 0.6) is 5.75 Å². The zero-order valence-electron chi connectivity index (χ0n) is 10.8. The lowest BCUT2D eigenvalue weighted by Crippen LogP contribution is -2.39. The summed E-state index contributed by atoms with van der Waals surface area (Å²) in [7, 11) is 1.73. The van der Waals surface area contributed by atoms with Gasteiger partial charge in [0, 0.05) is 13.6 Å². The quantitative estimate of drug-likeness (QED) is 0.854. The Kier molecular flexibility index (Phi) is 3.57. The molecule has 0 spiro atoms. The molecule has 1 saturated carbocycles. The molecular formula is C14H19NO3. The smallest absolute Gasteiger partial charge is 0.257 e. The maximum absolute atomic E-state index is 12.1. The molecule has 1 aromatic rings. The van der Waals surface area contributed by atoms with Crippen molar-refractivity contribution in [2.24, 2.45) is 5.92 Å². The molecule has 0 saturated heterocycles. The summed E-state index contributed by atoms with van der Waals surface area (Å²) in [6, 6.07) is 5.06. The SMILES string of the molecule is Cc1ccc(C(=O)N(C)CC2CC(O)C2)c(O)c1. The molecule has 0 heterocycles. The van der Waals surface area contributed by atoms with Gasteiger partial charge in [0.15, 0.2) is 0 Å². The molecule has 4 heteroatoms. The monoisotopic (exact) mass is 249 g/mol. The number of carbonyl (C=O) groups excluding carboxylic acids is 1.